The number of halogens is 1. The average molecular weight is 267 g/mol. The van der Waals surface area contributed by atoms with Crippen molar-refractivity contribution in [2.75, 3.05) is 6.54 Å². The van der Waals surface area contributed by atoms with Gasteiger partial charge >= 0.3 is 5.97 Å². The van der Waals surface area contributed by atoms with Gasteiger partial charge in [-0.1, -0.05) is 25.5 Å². The van der Waals surface area contributed by atoms with Crippen LogP contribution < -0.4 is 5.32 Å². The molecule has 3 nitrogen and oxygen atoms in total. The maximum Gasteiger partial charge on any atom is 0.306 e. The maximum absolute atomic E-state index is 12.7. The molecule has 0 bridgehead atoms. The van der Waals surface area contributed by atoms with E-state index in [1.165, 1.54) is 12.1 Å². The molecule has 1 aromatic carbocycles. The Balaban J connectivity index is 2.18. The van der Waals surface area contributed by atoms with Crippen LogP contribution in [0.3, 0.4) is 0 Å². The van der Waals surface area contributed by atoms with Crippen LogP contribution in [0, 0.1) is 5.82 Å². The van der Waals surface area contributed by atoms with Gasteiger partial charge in [0.25, 0.3) is 0 Å². The van der Waals surface area contributed by atoms with Crippen molar-refractivity contribution in [2.45, 2.75) is 45.8 Å². The zero-order valence-electron chi connectivity index (χ0n) is 11.6. The highest BCUT2D eigenvalue weighted by molar-refractivity contribution is 5.69. The first kappa shape index (κ1) is 15.6. The summed E-state index contributed by atoms with van der Waals surface area (Å²) in [6.45, 7) is 5.13. The lowest BCUT2D eigenvalue weighted by Crippen LogP contribution is -2.28. The van der Waals surface area contributed by atoms with E-state index in [9.17, 15) is 9.18 Å². The molecule has 106 valence electrons. The fourth-order valence-corrected chi connectivity index (χ4v) is 1.67. The first-order chi connectivity index (χ1) is 9.11. The van der Waals surface area contributed by atoms with Crippen LogP contribution in [-0.2, 0) is 16.1 Å². The number of esters is 1. The van der Waals surface area contributed by atoms with E-state index in [-0.39, 0.29) is 17.9 Å². The Morgan fingerprint density at radius 3 is 2.68 bits per heavy atom. The predicted octanol–water partition coefficient (Wildman–Crippen LogP) is 3.04. The SMILES string of the molecule is CCCCC(=O)OC(C)CNCc1ccc(F)cc1. The molecule has 0 saturated heterocycles. The van der Waals surface area contributed by atoms with Crippen molar-refractivity contribution >= 4 is 5.97 Å². The molecule has 4 heteroatoms. The Hall–Kier alpha value is -1.42. The molecule has 0 fully saturated rings. The summed E-state index contributed by atoms with van der Waals surface area (Å²) in [5.41, 5.74) is 1.01. The summed E-state index contributed by atoms with van der Waals surface area (Å²) in [7, 11) is 0. The molecular weight excluding hydrogens is 245 g/mol. The molecule has 0 aromatic heterocycles. The maximum atomic E-state index is 12.7. The Morgan fingerprint density at radius 1 is 1.37 bits per heavy atom. The molecule has 0 amide bonds. The lowest BCUT2D eigenvalue weighted by Gasteiger charge is -2.14. The fourth-order valence-electron chi connectivity index (χ4n) is 1.67. The Labute approximate surface area is 114 Å². The molecule has 1 atom stereocenters. The monoisotopic (exact) mass is 267 g/mol. The third kappa shape index (κ3) is 6.91. The number of hydrogen-bond acceptors (Lipinski definition) is 3. The number of rotatable bonds is 8. The van der Waals surface area contributed by atoms with Gasteiger partial charge in [0.15, 0.2) is 0 Å². The normalized spacial score (nSPS) is 12.2. The fraction of sp³-hybridized carbons (Fsp3) is 0.533. The zero-order chi connectivity index (χ0) is 14.1. The van der Waals surface area contributed by atoms with Gasteiger partial charge in [-0.25, -0.2) is 4.39 Å². The highest BCUT2D eigenvalue weighted by Gasteiger charge is 2.08. The van der Waals surface area contributed by atoms with Gasteiger partial charge in [0, 0.05) is 19.5 Å². The van der Waals surface area contributed by atoms with Crippen molar-refractivity contribution in [2.24, 2.45) is 0 Å². The number of benzene rings is 1. The van der Waals surface area contributed by atoms with Crippen LogP contribution in [0.4, 0.5) is 4.39 Å². The Kier molecular flexibility index (Phi) is 7.11. The van der Waals surface area contributed by atoms with E-state index in [2.05, 4.69) is 5.32 Å². The van der Waals surface area contributed by atoms with Gasteiger partial charge in [0.1, 0.15) is 11.9 Å². The van der Waals surface area contributed by atoms with E-state index in [0.29, 0.717) is 19.5 Å². The topological polar surface area (TPSA) is 38.3 Å². The van der Waals surface area contributed by atoms with Crippen LogP contribution >= 0.6 is 0 Å². The lowest BCUT2D eigenvalue weighted by atomic mass is 10.2. The molecule has 0 aliphatic rings. The van der Waals surface area contributed by atoms with Crippen LogP contribution in [0.2, 0.25) is 0 Å². The van der Waals surface area contributed by atoms with Gasteiger partial charge < -0.3 is 10.1 Å². The molecule has 0 aliphatic heterocycles. The van der Waals surface area contributed by atoms with E-state index in [1.807, 2.05) is 13.8 Å². The van der Waals surface area contributed by atoms with Crippen LogP contribution in [-0.4, -0.2) is 18.6 Å². The molecule has 1 unspecified atom stereocenters. The van der Waals surface area contributed by atoms with Crippen LogP contribution in [0.5, 0.6) is 0 Å². The number of nitrogens with one attached hydrogen (secondary N) is 1. The van der Waals surface area contributed by atoms with Crippen LogP contribution in [0.1, 0.15) is 38.7 Å². The molecule has 0 radical (unpaired) electrons. The zero-order valence-corrected chi connectivity index (χ0v) is 11.6. The van der Waals surface area contributed by atoms with Crippen molar-refractivity contribution in [3.05, 3.63) is 35.6 Å². The van der Waals surface area contributed by atoms with Gasteiger partial charge in [-0.15, -0.1) is 0 Å². The van der Waals surface area contributed by atoms with Crippen LogP contribution in [0.25, 0.3) is 0 Å². The second-order valence-electron chi connectivity index (χ2n) is 4.66. The summed E-state index contributed by atoms with van der Waals surface area (Å²) in [6, 6.07) is 6.34. The minimum atomic E-state index is -0.234. The van der Waals surface area contributed by atoms with Gasteiger partial charge in [-0.3, -0.25) is 4.79 Å². The predicted molar refractivity (Wildman–Crippen MR) is 73.2 cm³/mol. The van der Waals surface area contributed by atoms with Crippen molar-refractivity contribution < 1.29 is 13.9 Å². The number of hydrogen-bond donors (Lipinski definition) is 1. The van der Waals surface area contributed by atoms with Crippen molar-refractivity contribution in [3.8, 4) is 0 Å². The van der Waals surface area contributed by atoms with Gasteiger partial charge in [-0.2, -0.15) is 0 Å². The minimum absolute atomic E-state index is 0.141. The molecule has 0 aliphatic carbocycles. The van der Waals surface area contributed by atoms with Crippen LogP contribution in [0.15, 0.2) is 24.3 Å². The molecule has 0 heterocycles. The summed E-state index contributed by atoms with van der Waals surface area (Å²) in [5.74, 6) is -0.375. The summed E-state index contributed by atoms with van der Waals surface area (Å²) >= 11 is 0. The van der Waals surface area contributed by atoms with E-state index in [0.717, 1.165) is 18.4 Å². The van der Waals surface area contributed by atoms with Gasteiger partial charge in [0.05, 0.1) is 0 Å². The molecule has 0 spiro atoms. The Bertz CT molecular complexity index is 378. The van der Waals surface area contributed by atoms with E-state index >= 15 is 0 Å². The third-order valence-corrected chi connectivity index (χ3v) is 2.74. The van der Waals surface area contributed by atoms with Gasteiger partial charge in [-0.05, 0) is 31.0 Å². The molecule has 1 aromatic rings. The molecule has 19 heavy (non-hydrogen) atoms. The number of unbranched alkanes of at least 4 members (excludes halogenated alkanes) is 1. The molecule has 1 rings (SSSR count). The largest absolute Gasteiger partial charge is 0.461 e. The first-order valence-corrected chi connectivity index (χ1v) is 6.76. The average Bonchev–Trinajstić information content (AvgIpc) is 2.38. The van der Waals surface area contributed by atoms with E-state index in [1.54, 1.807) is 12.1 Å². The molecule has 0 saturated carbocycles. The number of carbonyl (C=O) groups is 1. The number of ether oxygens (including phenoxy) is 1. The lowest BCUT2D eigenvalue weighted by molar-refractivity contribution is -0.148. The highest BCUT2D eigenvalue weighted by atomic mass is 19.1. The van der Waals surface area contributed by atoms with E-state index < -0.39 is 0 Å². The van der Waals surface area contributed by atoms with Crippen molar-refractivity contribution in [1.29, 1.82) is 0 Å². The standard InChI is InChI=1S/C15H22FNO2/c1-3-4-5-15(18)19-12(2)10-17-11-13-6-8-14(16)9-7-13/h6-9,12,17H,3-5,10-11H2,1-2H3. The summed E-state index contributed by atoms with van der Waals surface area (Å²) in [5, 5.41) is 3.18. The quantitative estimate of drug-likeness (QED) is 0.736. The Morgan fingerprint density at radius 2 is 2.05 bits per heavy atom. The van der Waals surface area contributed by atoms with Gasteiger partial charge in [0.2, 0.25) is 0 Å². The minimum Gasteiger partial charge on any atom is -0.461 e. The number of carbonyl (C=O) groups excluding carboxylic acids is 1. The highest BCUT2D eigenvalue weighted by Crippen LogP contribution is 2.03. The second-order valence-corrected chi connectivity index (χ2v) is 4.66. The second kappa shape index (κ2) is 8.64. The molecular formula is C15H22FNO2. The summed E-state index contributed by atoms with van der Waals surface area (Å²) in [4.78, 5) is 11.4. The van der Waals surface area contributed by atoms with Crippen molar-refractivity contribution in [3.63, 3.8) is 0 Å². The van der Waals surface area contributed by atoms with Crippen molar-refractivity contribution in [1.82, 2.24) is 5.32 Å². The summed E-state index contributed by atoms with van der Waals surface area (Å²) in [6.07, 6.45) is 2.20. The molecule has 1 N–H and O–H groups in total. The first-order valence-electron chi connectivity index (χ1n) is 6.76. The smallest absolute Gasteiger partial charge is 0.306 e. The summed E-state index contributed by atoms with van der Waals surface area (Å²) < 4.78 is 18.0. The third-order valence-electron chi connectivity index (χ3n) is 2.74. The van der Waals surface area contributed by atoms with E-state index in [4.69, 9.17) is 4.74 Å².